The van der Waals surface area contributed by atoms with Gasteiger partial charge in [0.1, 0.15) is 5.82 Å². The first-order valence-corrected chi connectivity index (χ1v) is 7.30. The Balaban J connectivity index is 0.00000400. The van der Waals surface area contributed by atoms with Gasteiger partial charge in [0.05, 0.1) is 6.54 Å². The SMILES string of the molecule is CCN(CC)c1ccc(CN=C(N)NCC(C)C)cn1.I. The van der Waals surface area contributed by atoms with Crippen molar-refractivity contribution in [1.82, 2.24) is 10.3 Å². The zero-order valence-electron chi connectivity index (χ0n) is 13.5. The number of aliphatic imine (C=N–C) groups is 1. The first-order valence-electron chi connectivity index (χ1n) is 7.30. The highest BCUT2D eigenvalue weighted by atomic mass is 127. The van der Waals surface area contributed by atoms with Crippen molar-refractivity contribution < 1.29 is 0 Å². The highest BCUT2D eigenvalue weighted by molar-refractivity contribution is 14.0. The van der Waals surface area contributed by atoms with E-state index in [1.165, 1.54) is 0 Å². The molecule has 21 heavy (non-hydrogen) atoms. The van der Waals surface area contributed by atoms with Gasteiger partial charge in [0.25, 0.3) is 0 Å². The third kappa shape index (κ3) is 7.50. The van der Waals surface area contributed by atoms with Gasteiger partial charge >= 0.3 is 0 Å². The number of nitrogens with two attached hydrogens (primary N) is 1. The molecule has 1 aromatic heterocycles. The molecule has 0 unspecified atom stereocenters. The molecular weight excluding hydrogens is 377 g/mol. The minimum Gasteiger partial charge on any atom is -0.370 e. The molecule has 0 atom stereocenters. The normalized spacial score (nSPS) is 11.2. The average Bonchev–Trinajstić information content (AvgIpc) is 2.45. The van der Waals surface area contributed by atoms with Gasteiger partial charge in [-0.2, -0.15) is 0 Å². The maximum Gasteiger partial charge on any atom is 0.188 e. The number of aromatic nitrogens is 1. The topological polar surface area (TPSA) is 66.5 Å². The lowest BCUT2D eigenvalue weighted by Gasteiger charge is -2.19. The molecule has 0 spiro atoms. The minimum atomic E-state index is 0. The van der Waals surface area contributed by atoms with Crippen LogP contribution in [-0.4, -0.2) is 30.6 Å². The summed E-state index contributed by atoms with van der Waals surface area (Å²) in [4.78, 5) is 11.0. The number of rotatable bonds is 7. The summed E-state index contributed by atoms with van der Waals surface area (Å²) in [5, 5.41) is 3.10. The van der Waals surface area contributed by atoms with Crippen molar-refractivity contribution >= 4 is 35.8 Å². The van der Waals surface area contributed by atoms with Crippen LogP contribution in [0.25, 0.3) is 0 Å². The molecule has 1 heterocycles. The molecule has 0 saturated carbocycles. The Kier molecular flexibility index (Phi) is 10.1. The number of guanidine groups is 1. The second kappa shape index (κ2) is 10.6. The van der Waals surface area contributed by atoms with E-state index in [4.69, 9.17) is 5.73 Å². The number of anilines is 1. The van der Waals surface area contributed by atoms with Gasteiger partial charge in [-0.15, -0.1) is 24.0 Å². The van der Waals surface area contributed by atoms with Crippen LogP contribution >= 0.6 is 24.0 Å². The van der Waals surface area contributed by atoms with Gasteiger partial charge in [-0.25, -0.2) is 9.98 Å². The van der Waals surface area contributed by atoms with Gasteiger partial charge in [-0.05, 0) is 31.4 Å². The predicted octanol–water partition coefficient (Wildman–Crippen LogP) is 2.61. The molecule has 0 aliphatic heterocycles. The van der Waals surface area contributed by atoms with Gasteiger partial charge in [0, 0.05) is 25.8 Å². The third-order valence-electron chi connectivity index (χ3n) is 3.02. The van der Waals surface area contributed by atoms with Gasteiger partial charge in [-0.1, -0.05) is 19.9 Å². The highest BCUT2D eigenvalue weighted by Gasteiger charge is 2.02. The number of pyridine rings is 1. The summed E-state index contributed by atoms with van der Waals surface area (Å²) in [6.07, 6.45) is 1.87. The van der Waals surface area contributed by atoms with Gasteiger partial charge in [0.15, 0.2) is 5.96 Å². The molecule has 120 valence electrons. The van der Waals surface area contributed by atoms with Crippen LogP contribution in [0.4, 0.5) is 5.82 Å². The lowest BCUT2D eigenvalue weighted by molar-refractivity contribution is 0.622. The lowest BCUT2D eigenvalue weighted by Crippen LogP contribution is -2.34. The number of nitrogens with one attached hydrogen (secondary N) is 1. The molecule has 6 heteroatoms. The molecule has 3 N–H and O–H groups in total. The summed E-state index contributed by atoms with van der Waals surface area (Å²) in [5.74, 6) is 2.05. The quantitative estimate of drug-likeness (QED) is 0.416. The molecule has 0 bridgehead atoms. The van der Waals surface area contributed by atoms with Crippen LogP contribution in [0.1, 0.15) is 33.3 Å². The molecule has 1 rings (SSSR count). The van der Waals surface area contributed by atoms with Crippen molar-refractivity contribution in [3.05, 3.63) is 23.9 Å². The van der Waals surface area contributed by atoms with Crippen LogP contribution in [0.15, 0.2) is 23.3 Å². The van der Waals surface area contributed by atoms with Crippen molar-refractivity contribution in [3.63, 3.8) is 0 Å². The first-order chi connectivity index (χ1) is 9.56. The predicted molar refractivity (Wildman–Crippen MR) is 101 cm³/mol. The molecule has 0 radical (unpaired) electrons. The van der Waals surface area contributed by atoms with Crippen LogP contribution in [0, 0.1) is 5.92 Å². The summed E-state index contributed by atoms with van der Waals surface area (Å²) in [7, 11) is 0. The molecule has 0 saturated heterocycles. The number of hydrogen-bond acceptors (Lipinski definition) is 3. The summed E-state index contributed by atoms with van der Waals surface area (Å²) < 4.78 is 0. The lowest BCUT2D eigenvalue weighted by atomic mass is 10.2. The zero-order chi connectivity index (χ0) is 15.0. The molecule has 5 nitrogen and oxygen atoms in total. The molecule has 0 aromatic carbocycles. The molecular formula is C15H28IN5. The Morgan fingerprint density at radius 3 is 2.48 bits per heavy atom. The van der Waals surface area contributed by atoms with E-state index < -0.39 is 0 Å². The Hall–Kier alpha value is -1.05. The Labute approximate surface area is 145 Å². The molecule has 0 aliphatic carbocycles. The van der Waals surface area contributed by atoms with E-state index in [0.717, 1.165) is 31.0 Å². The largest absolute Gasteiger partial charge is 0.370 e. The van der Waals surface area contributed by atoms with E-state index in [9.17, 15) is 0 Å². The minimum absolute atomic E-state index is 0. The summed E-state index contributed by atoms with van der Waals surface area (Å²) in [6, 6.07) is 4.09. The van der Waals surface area contributed by atoms with Crippen LogP contribution in [0.3, 0.4) is 0 Å². The van der Waals surface area contributed by atoms with E-state index in [0.29, 0.717) is 18.4 Å². The maximum absolute atomic E-state index is 5.80. The van der Waals surface area contributed by atoms with E-state index in [1.54, 1.807) is 0 Å². The summed E-state index contributed by atoms with van der Waals surface area (Å²) in [5.41, 5.74) is 6.87. The van der Waals surface area contributed by atoms with Crippen LogP contribution in [0.5, 0.6) is 0 Å². The van der Waals surface area contributed by atoms with Crippen molar-refractivity contribution in [2.75, 3.05) is 24.5 Å². The summed E-state index contributed by atoms with van der Waals surface area (Å²) >= 11 is 0. The second-order valence-corrected chi connectivity index (χ2v) is 5.17. The average molecular weight is 405 g/mol. The smallest absolute Gasteiger partial charge is 0.188 e. The summed E-state index contributed by atoms with van der Waals surface area (Å²) in [6.45, 7) is 11.9. The number of halogens is 1. The molecule has 0 amide bonds. The van der Waals surface area contributed by atoms with Gasteiger partial charge in [-0.3, -0.25) is 0 Å². The zero-order valence-corrected chi connectivity index (χ0v) is 15.8. The fourth-order valence-electron chi connectivity index (χ4n) is 1.79. The van der Waals surface area contributed by atoms with Gasteiger partial charge in [0.2, 0.25) is 0 Å². The van der Waals surface area contributed by atoms with Crippen molar-refractivity contribution in [2.24, 2.45) is 16.6 Å². The van der Waals surface area contributed by atoms with E-state index in [2.05, 4.69) is 54.0 Å². The second-order valence-electron chi connectivity index (χ2n) is 5.17. The maximum atomic E-state index is 5.80. The van der Waals surface area contributed by atoms with Gasteiger partial charge < -0.3 is 16.0 Å². The monoisotopic (exact) mass is 405 g/mol. The van der Waals surface area contributed by atoms with Crippen molar-refractivity contribution in [1.29, 1.82) is 0 Å². The van der Waals surface area contributed by atoms with Crippen molar-refractivity contribution in [2.45, 2.75) is 34.2 Å². The van der Waals surface area contributed by atoms with Crippen LogP contribution in [-0.2, 0) is 6.54 Å². The molecule has 1 aromatic rings. The van der Waals surface area contributed by atoms with Crippen LogP contribution in [0.2, 0.25) is 0 Å². The van der Waals surface area contributed by atoms with Crippen molar-refractivity contribution in [3.8, 4) is 0 Å². The highest BCUT2D eigenvalue weighted by Crippen LogP contribution is 2.11. The molecule has 0 aliphatic rings. The Morgan fingerprint density at radius 1 is 1.33 bits per heavy atom. The third-order valence-corrected chi connectivity index (χ3v) is 3.02. The number of hydrogen-bond donors (Lipinski definition) is 2. The van der Waals surface area contributed by atoms with E-state index >= 15 is 0 Å². The fourth-order valence-corrected chi connectivity index (χ4v) is 1.79. The Morgan fingerprint density at radius 2 is 2.00 bits per heavy atom. The first kappa shape index (κ1) is 19.9. The van der Waals surface area contributed by atoms with Crippen LogP contribution < -0.4 is 16.0 Å². The number of nitrogens with zero attached hydrogens (tertiary/aromatic N) is 3. The van der Waals surface area contributed by atoms with E-state index in [-0.39, 0.29) is 24.0 Å². The standard InChI is InChI=1S/C15H27N5.HI/c1-5-20(6-2)14-8-7-13(10-17-14)11-19-15(16)18-9-12(3)4;/h7-8,10,12H,5-6,9,11H2,1-4H3,(H3,16,18,19);1H. The Bertz CT molecular complexity index is 413. The van der Waals surface area contributed by atoms with E-state index in [1.807, 2.05) is 12.3 Å². The molecule has 0 fully saturated rings. The fraction of sp³-hybridized carbons (Fsp3) is 0.600.